The molecule has 1 fully saturated rings. The average molecular weight is 330 g/mol. The van der Waals surface area contributed by atoms with Crippen LogP contribution in [0.5, 0.6) is 0 Å². The Labute approximate surface area is 101 Å². The second-order valence-corrected chi connectivity index (χ2v) is 5.63. The third-order valence-electron chi connectivity index (χ3n) is 2.28. The van der Waals surface area contributed by atoms with Crippen molar-refractivity contribution in [3.05, 3.63) is 0 Å². The van der Waals surface area contributed by atoms with Crippen molar-refractivity contribution < 1.29 is 14.3 Å². The second-order valence-electron chi connectivity index (χ2n) is 3.49. The number of hydrogen-bond acceptors (Lipinski definition) is 3. The van der Waals surface area contributed by atoms with Crippen molar-refractivity contribution in [2.24, 2.45) is 0 Å². The third kappa shape index (κ3) is 2.70. The first-order valence-electron chi connectivity index (χ1n) is 4.61. The summed E-state index contributed by atoms with van der Waals surface area (Å²) in [5.41, 5.74) is 0. The second kappa shape index (κ2) is 4.94. The molecular weight excluding hydrogens is 316 g/mol. The van der Waals surface area contributed by atoms with Gasteiger partial charge in [0.25, 0.3) is 0 Å². The van der Waals surface area contributed by atoms with Gasteiger partial charge in [0.15, 0.2) is 0 Å². The van der Waals surface area contributed by atoms with E-state index in [9.17, 15) is 4.79 Å². The maximum atomic E-state index is 11.2. The predicted molar refractivity (Wildman–Crippen MR) is 60.8 cm³/mol. The van der Waals surface area contributed by atoms with Gasteiger partial charge in [0.05, 0.1) is 16.8 Å². The zero-order valence-electron chi connectivity index (χ0n) is 8.26. The first-order chi connectivity index (χ1) is 6.51. The lowest BCUT2D eigenvalue weighted by molar-refractivity contribution is -0.219. The van der Waals surface area contributed by atoms with Crippen LogP contribution in [0.3, 0.4) is 0 Å². The minimum absolute atomic E-state index is 0.0659. The minimum atomic E-state index is -0.497. The molecule has 5 heteroatoms. The summed E-state index contributed by atoms with van der Waals surface area (Å²) < 4.78 is 10.4. The summed E-state index contributed by atoms with van der Waals surface area (Å²) >= 11 is 6.94. The molecule has 3 atom stereocenters. The van der Waals surface area contributed by atoms with Gasteiger partial charge in [0, 0.05) is 5.33 Å². The largest absolute Gasteiger partial charge is 0.434 e. The number of halogens is 2. The maximum absolute atomic E-state index is 11.2. The van der Waals surface area contributed by atoms with Gasteiger partial charge in [-0.1, -0.05) is 38.8 Å². The van der Waals surface area contributed by atoms with Crippen LogP contribution >= 0.6 is 31.9 Å². The summed E-state index contributed by atoms with van der Waals surface area (Å²) in [6, 6.07) is 0. The molecule has 1 aliphatic rings. The van der Waals surface area contributed by atoms with Gasteiger partial charge in [-0.25, -0.2) is 0 Å². The quantitative estimate of drug-likeness (QED) is 0.589. The summed E-state index contributed by atoms with van der Waals surface area (Å²) in [5.74, 6) is -0.188. The van der Waals surface area contributed by atoms with E-state index in [4.69, 9.17) is 9.47 Å². The van der Waals surface area contributed by atoms with Crippen molar-refractivity contribution in [1.82, 2.24) is 0 Å². The molecule has 0 amide bonds. The maximum Gasteiger partial charge on any atom is 0.310 e. The Morgan fingerprint density at radius 1 is 1.64 bits per heavy atom. The van der Waals surface area contributed by atoms with Crippen LogP contribution in [0, 0.1) is 0 Å². The SMILES string of the molecule is CCC(Br)(CBr)C1OC(=O)CC(C)O1. The van der Waals surface area contributed by atoms with Crippen LogP contribution in [-0.2, 0) is 14.3 Å². The lowest BCUT2D eigenvalue weighted by Crippen LogP contribution is -2.47. The van der Waals surface area contributed by atoms with Gasteiger partial charge in [-0.2, -0.15) is 0 Å². The Kier molecular flexibility index (Phi) is 4.40. The van der Waals surface area contributed by atoms with Crippen molar-refractivity contribution in [2.45, 2.75) is 43.4 Å². The van der Waals surface area contributed by atoms with Gasteiger partial charge in [-0.3, -0.25) is 4.79 Å². The van der Waals surface area contributed by atoms with Gasteiger partial charge in [-0.05, 0) is 13.3 Å². The number of carbonyl (C=O) groups is 1. The highest BCUT2D eigenvalue weighted by Gasteiger charge is 2.41. The van der Waals surface area contributed by atoms with Gasteiger partial charge in [0.2, 0.25) is 6.29 Å². The van der Waals surface area contributed by atoms with E-state index < -0.39 is 6.29 Å². The molecule has 0 spiro atoms. The summed E-state index contributed by atoms with van der Waals surface area (Å²) in [6.07, 6.45) is 0.598. The molecule has 0 aromatic rings. The predicted octanol–water partition coefficient (Wildman–Crippen LogP) is 2.60. The fourth-order valence-corrected chi connectivity index (χ4v) is 2.10. The fourth-order valence-electron chi connectivity index (χ4n) is 1.24. The zero-order chi connectivity index (χ0) is 10.8. The summed E-state index contributed by atoms with van der Waals surface area (Å²) in [7, 11) is 0. The molecule has 0 aliphatic carbocycles. The van der Waals surface area contributed by atoms with Crippen molar-refractivity contribution in [1.29, 1.82) is 0 Å². The van der Waals surface area contributed by atoms with E-state index in [1.54, 1.807) is 0 Å². The topological polar surface area (TPSA) is 35.5 Å². The molecule has 0 N–H and O–H groups in total. The smallest absolute Gasteiger partial charge is 0.310 e. The molecule has 82 valence electrons. The molecule has 0 saturated carbocycles. The van der Waals surface area contributed by atoms with Crippen LogP contribution in [0.4, 0.5) is 0 Å². The molecule has 1 rings (SSSR count). The average Bonchev–Trinajstić information content (AvgIpc) is 2.15. The highest BCUT2D eigenvalue weighted by molar-refractivity contribution is 9.12. The first kappa shape index (κ1) is 12.5. The van der Waals surface area contributed by atoms with E-state index in [1.807, 2.05) is 13.8 Å². The molecule has 1 heterocycles. The van der Waals surface area contributed by atoms with Crippen LogP contribution in [0.15, 0.2) is 0 Å². The van der Waals surface area contributed by atoms with E-state index in [0.717, 1.165) is 6.42 Å². The zero-order valence-corrected chi connectivity index (χ0v) is 11.4. The molecule has 0 radical (unpaired) electrons. The van der Waals surface area contributed by atoms with E-state index in [-0.39, 0.29) is 16.4 Å². The summed E-state index contributed by atoms with van der Waals surface area (Å²) in [5, 5.41) is 0.682. The third-order valence-corrected chi connectivity index (χ3v) is 5.25. The highest BCUT2D eigenvalue weighted by Crippen LogP contribution is 2.34. The van der Waals surface area contributed by atoms with Crippen LogP contribution in [0.1, 0.15) is 26.7 Å². The van der Waals surface area contributed by atoms with E-state index >= 15 is 0 Å². The lowest BCUT2D eigenvalue weighted by atomic mass is 10.1. The number of rotatable bonds is 3. The summed E-state index contributed by atoms with van der Waals surface area (Å²) in [4.78, 5) is 11.2. The Morgan fingerprint density at radius 2 is 2.29 bits per heavy atom. The molecule has 3 unspecified atom stereocenters. The van der Waals surface area contributed by atoms with Crippen LogP contribution < -0.4 is 0 Å². The minimum Gasteiger partial charge on any atom is -0.434 e. The lowest BCUT2D eigenvalue weighted by Gasteiger charge is -2.37. The number of esters is 1. The van der Waals surface area contributed by atoms with E-state index in [1.165, 1.54) is 0 Å². The number of alkyl halides is 2. The van der Waals surface area contributed by atoms with Gasteiger partial charge in [-0.15, -0.1) is 0 Å². The Morgan fingerprint density at radius 3 is 2.71 bits per heavy atom. The van der Waals surface area contributed by atoms with Crippen LogP contribution in [0.2, 0.25) is 0 Å². The van der Waals surface area contributed by atoms with E-state index in [0.29, 0.717) is 11.8 Å². The Bertz CT molecular complexity index is 216. The van der Waals surface area contributed by atoms with E-state index in [2.05, 4.69) is 31.9 Å². The Hall–Kier alpha value is 0.390. The van der Waals surface area contributed by atoms with Crippen molar-refractivity contribution in [2.75, 3.05) is 5.33 Å². The molecule has 0 bridgehead atoms. The number of carbonyl (C=O) groups excluding carboxylic acids is 1. The highest BCUT2D eigenvalue weighted by atomic mass is 79.9. The normalized spacial score (nSPS) is 32.1. The fraction of sp³-hybridized carbons (Fsp3) is 0.889. The van der Waals surface area contributed by atoms with Crippen LogP contribution in [-0.4, -0.2) is 28.0 Å². The van der Waals surface area contributed by atoms with Gasteiger partial charge >= 0.3 is 5.97 Å². The molecule has 0 aromatic heterocycles. The van der Waals surface area contributed by atoms with Crippen molar-refractivity contribution in [3.63, 3.8) is 0 Å². The summed E-state index contributed by atoms with van der Waals surface area (Å²) in [6.45, 7) is 3.90. The first-order valence-corrected chi connectivity index (χ1v) is 6.53. The number of cyclic esters (lactones) is 1. The standard InChI is InChI=1S/C9H14Br2O3/c1-3-9(11,5-10)8-13-6(2)4-7(12)14-8/h6,8H,3-5H2,1-2H3. The van der Waals surface area contributed by atoms with Crippen molar-refractivity contribution >= 4 is 37.8 Å². The van der Waals surface area contributed by atoms with Gasteiger partial charge < -0.3 is 9.47 Å². The number of ether oxygens (including phenoxy) is 2. The molecule has 3 nitrogen and oxygen atoms in total. The van der Waals surface area contributed by atoms with Gasteiger partial charge in [0.1, 0.15) is 0 Å². The monoisotopic (exact) mass is 328 g/mol. The molecular formula is C9H14Br2O3. The van der Waals surface area contributed by atoms with Crippen LogP contribution in [0.25, 0.3) is 0 Å². The molecule has 14 heavy (non-hydrogen) atoms. The molecule has 0 aromatic carbocycles. The van der Waals surface area contributed by atoms with Crippen molar-refractivity contribution in [3.8, 4) is 0 Å². The Balaban J connectivity index is 2.71. The molecule has 1 aliphatic heterocycles. The number of hydrogen-bond donors (Lipinski definition) is 0. The molecule has 1 saturated heterocycles.